The fourth-order valence-electron chi connectivity index (χ4n) is 7.61. The quantitative estimate of drug-likeness (QED) is 0.179. The van der Waals surface area contributed by atoms with E-state index in [9.17, 15) is 0 Å². The molecule has 6 heteroatoms. The predicted molar refractivity (Wildman–Crippen MR) is 217 cm³/mol. The number of benzene rings is 8. The van der Waals surface area contributed by atoms with Crippen molar-refractivity contribution < 1.29 is 8.83 Å². The van der Waals surface area contributed by atoms with Gasteiger partial charge in [-0.25, -0.2) is 19.9 Å². The molecule has 0 aliphatic heterocycles. The van der Waals surface area contributed by atoms with Crippen molar-refractivity contribution in [3.8, 4) is 56.7 Å². The highest BCUT2D eigenvalue weighted by molar-refractivity contribution is 6.25. The van der Waals surface area contributed by atoms with E-state index in [0.29, 0.717) is 28.9 Å². The van der Waals surface area contributed by atoms with Crippen LogP contribution in [0.5, 0.6) is 0 Å². The highest BCUT2D eigenvalue weighted by atomic mass is 16.4. The van der Waals surface area contributed by atoms with Crippen LogP contribution in [0, 0.1) is 0 Å². The van der Waals surface area contributed by atoms with Crippen LogP contribution < -0.4 is 0 Å². The minimum absolute atomic E-state index is 0.575. The normalized spacial score (nSPS) is 11.7. The lowest BCUT2D eigenvalue weighted by atomic mass is 9.99. The van der Waals surface area contributed by atoms with Crippen LogP contribution in [-0.4, -0.2) is 19.9 Å². The van der Waals surface area contributed by atoms with Gasteiger partial charge in [-0.15, -0.1) is 0 Å². The summed E-state index contributed by atoms with van der Waals surface area (Å²) < 4.78 is 13.2. The van der Waals surface area contributed by atoms with Crippen LogP contribution in [0.3, 0.4) is 0 Å². The summed E-state index contributed by atoms with van der Waals surface area (Å²) in [5.41, 5.74) is 8.78. The van der Waals surface area contributed by atoms with Gasteiger partial charge in [-0.2, -0.15) is 0 Å². The summed E-state index contributed by atoms with van der Waals surface area (Å²) in [7, 11) is 0. The first kappa shape index (κ1) is 30.2. The molecule has 0 saturated heterocycles. The summed E-state index contributed by atoms with van der Waals surface area (Å²) in [5.74, 6) is 2.37. The van der Waals surface area contributed by atoms with E-state index in [1.165, 1.54) is 0 Å². The minimum atomic E-state index is 0.575. The SMILES string of the molecule is c1ccc(-c2nc(-c3ccc4ccc5oc6ccc7nc(-c8cccc9ccccc89)oc7c6c5c4c3)nc(-c3ccccc3-c3ccccc3)n2)cc1. The molecule has 0 atom stereocenters. The average molecular weight is 693 g/mol. The molecule has 0 aliphatic carbocycles. The van der Waals surface area contributed by atoms with Gasteiger partial charge in [-0.05, 0) is 63.0 Å². The molecule has 3 aromatic heterocycles. The number of rotatable bonds is 5. The number of furan rings is 1. The first-order chi connectivity index (χ1) is 26.7. The van der Waals surface area contributed by atoms with E-state index in [2.05, 4.69) is 72.8 Å². The number of hydrogen-bond acceptors (Lipinski definition) is 6. The van der Waals surface area contributed by atoms with Crippen molar-refractivity contribution in [2.45, 2.75) is 0 Å². The lowest BCUT2D eigenvalue weighted by Crippen LogP contribution is -2.01. The van der Waals surface area contributed by atoms with Crippen molar-refractivity contribution in [3.05, 3.63) is 170 Å². The van der Waals surface area contributed by atoms with E-state index < -0.39 is 0 Å². The van der Waals surface area contributed by atoms with Crippen LogP contribution in [0.2, 0.25) is 0 Å². The van der Waals surface area contributed by atoms with Gasteiger partial charge >= 0.3 is 0 Å². The Morgan fingerprint density at radius 2 is 0.963 bits per heavy atom. The Hall–Kier alpha value is -7.44. The van der Waals surface area contributed by atoms with Crippen LogP contribution >= 0.6 is 0 Å². The Labute approximate surface area is 309 Å². The second-order valence-electron chi connectivity index (χ2n) is 13.4. The Balaban J connectivity index is 1.13. The van der Waals surface area contributed by atoms with E-state index in [1.807, 2.05) is 97.1 Å². The summed E-state index contributed by atoms with van der Waals surface area (Å²) in [5, 5.41) is 6.15. The lowest BCUT2D eigenvalue weighted by Gasteiger charge is -2.12. The van der Waals surface area contributed by atoms with Crippen LogP contribution in [-0.2, 0) is 0 Å². The monoisotopic (exact) mass is 692 g/mol. The first-order valence-electron chi connectivity index (χ1n) is 17.9. The molecule has 0 spiro atoms. The molecule has 54 heavy (non-hydrogen) atoms. The summed E-state index contributed by atoms with van der Waals surface area (Å²) in [6.45, 7) is 0. The van der Waals surface area contributed by atoms with Crippen molar-refractivity contribution in [2.24, 2.45) is 0 Å². The zero-order chi connectivity index (χ0) is 35.6. The molecule has 11 aromatic rings. The average Bonchev–Trinajstić information content (AvgIpc) is 3.86. The Kier molecular flexibility index (Phi) is 6.75. The Bertz CT molecular complexity index is 3220. The van der Waals surface area contributed by atoms with E-state index in [-0.39, 0.29) is 0 Å². The summed E-state index contributed by atoms with van der Waals surface area (Å²) in [4.78, 5) is 20.3. The topological polar surface area (TPSA) is 77.8 Å². The maximum Gasteiger partial charge on any atom is 0.227 e. The maximum atomic E-state index is 6.68. The smallest absolute Gasteiger partial charge is 0.227 e. The van der Waals surface area contributed by atoms with Crippen molar-refractivity contribution in [3.63, 3.8) is 0 Å². The highest BCUT2D eigenvalue weighted by Crippen LogP contribution is 2.42. The van der Waals surface area contributed by atoms with Crippen molar-refractivity contribution >= 4 is 54.6 Å². The van der Waals surface area contributed by atoms with Crippen molar-refractivity contribution in [1.82, 2.24) is 19.9 Å². The van der Waals surface area contributed by atoms with Gasteiger partial charge in [0.15, 0.2) is 23.1 Å². The molecule has 11 rings (SSSR count). The summed E-state index contributed by atoms with van der Waals surface area (Å²) >= 11 is 0. The van der Waals surface area contributed by atoms with Gasteiger partial charge in [0.1, 0.15) is 16.7 Å². The van der Waals surface area contributed by atoms with Crippen molar-refractivity contribution in [2.75, 3.05) is 0 Å². The predicted octanol–water partition coefficient (Wildman–Crippen LogP) is 12.6. The standard InChI is InChI=1S/C48H28N4O2/c1-3-12-29(13-4-1)34-18-9-10-20-36(34)47-51-45(32-15-5-2-6-16-32)50-46(52-47)33-23-22-31-24-26-40-42(38(31)28-33)43-41(53-40)27-25-39-44(43)54-48(49-39)37-21-11-17-30-14-7-8-19-35(30)37/h1-28H. The van der Waals surface area contributed by atoms with Gasteiger partial charge in [0, 0.05) is 27.6 Å². The van der Waals surface area contributed by atoms with Crippen LogP contribution in [0.25, 0.3) is 111 Å². The molecule has 3 heterocycles. The molecule has 0 fully saturated rings. The van der Waals surface area contributed by atoms with Crippen LogP contribution in [0.1, 0.15) is 0 Å². The van der Waals surface area contributed by atoms with Gasteiger partial charge in [0.25, 0.3) is 0 Å². The molecule has 0 aliphatic rings. The fourth-order valence-corrected chi connectivity index (χ4v) is 7.61. The minimum Gasteiger partial charge on any atom is -0.456 e. The molecule has 8 aromatic carbocycles. The van der Waals surface area contributed by atoms with E-state index in [0.717, 1.165) is 82.4 Å². The zero-order valence-corrected chi connectivity index (χ0v) is 28.8. The lowest BCUT2D eigenvalue weighted by molar-refractivity contribution is 0.623. The van der Waals surface area contributed by atoms with E-state index in [4.69, 9.17) is 28.8 Å². The van der Waals surface area contributed by atoms with Gasteiger partial charge in [-0.3, -0.25) is 0 Å². The molecule has 0 saturated carbocycles. The number of aromatic nitrogens is 4. The second-order valence-corrected chi connectivity index (χ2v) is 13.4. The van der Waals surface area contributed by atoms with Gasteiger partial charge < -0.3 is 8.83 Å². The molecule has 0 radical (unpaired) electrons. The fraction of sp³-hybridized carbons (Fsp3) is 0. The third-order valence-corrected chi connectivity index (χ3v) is 10.2. The first-order valence-corrected chi connectivity index (χ1v) is 17.9. The molecule has 252 valence electrons. The van der Waals surface area contributed by atoms with Gasteiger partial charge in [-0.1, -0.05) is 140 Å². The Morgan fingerprint density at radius 1 is 0.352 bits per heavy atom. The molecule has 0 bridgehead atoms. The number of nitrogens with zero attached hydrogens (tertiary/aromatic N) is 4. The number of oxazole rings is 1. The molecule has 0 unspecified atom stereocenters. The molecular weight excluding hydrogens is 665 g/mol. The van der Waals surface area contributed by atoms with Gasteiger partial charge in [0.2, 0.25) is 5.89 Å². The molecule has 6 nitrogen and oxygen atoms in total. The summed E-state index contributed by atoms with van der Waals surface area (Å²) in [6, 6.07) is 57.6. The largest absolute Gasteiger partial charge is 0.456 e. The Morgan fingerprint density at radius 3 is 1.81 bits per heavy atom. The summed E-state index contributed by atoms with van der Waals surface area (Å²) in [6.07, 6.45) is 0. The zero-order valence-electron chi connectivity index (χ0n) is 28.8. The molecule has 0 amide bonds. The van der Waals surface area contributed by atoms with Crippen molar-refractivity contribution in [1.29, 1.82) is 0 Å². The van der Waals surface area contributed by atoms with Gasteiger partial charge in [0.05, 0.1) is 5.39 Å². The second kappa shape index (κ2) is 12.1. The molecular formula is C48H28N4O2. The third-order valence-electron chi connectivity index (χ3n) is 10.2. The van der Waals surface area contributed by atoms with E-state index in [1.54, 1.807) is 0 Å². The third kappa shape index (κ3) is 4.89. The number of fused-ring (bicyclic) bond motifs is 8. The maximum absolute atomic E-state index is 6.68. The van der Waals surface area contributed by atoms with E-state index >= 15 is 0 Å². The molecule has 0 N–H and O–H groups in total. The van der Waals surface area contributed by atoms with Crippen LogP contribution in [0.15, 0.2) is 179 Å². The van der Waals surface area contributed by atoms with Crippen LogP contribution in [0.4, 0.5) is 0 Å². The number of hydrogen-bond donors (Lipinski definition) is 0. The highest BCUT2D eigenvalue weighted by Gasteiger charge is 2.21.